The monoisotopic (exact) mass is 264 g/mol. The molecule has 1 nitrogen and oxygen atoms in total. The normalized spacial score (nSPS) is 10.5. The van der Waals surface area contributed by atoms with Crippen LogP contribution in [0.1, 0.15) is 23.7 Å². The minimum atomic E-state index is -1.51. The molecule has 0 atom stereocenters. The Kier molecular flexibility index (Phi) is 3.69. The standard InChI is InChI=1S/C15H11F3O/c1-2-13(19)10-5-3-4-9(8-10)11-6-7-12(16)15(18)14(11)17/h3-8H,2H2,1H3. The van der Waals surface area contributed by atoms with Crippen LogP contribution in [0.5, 0.6) is 0 Å². The van der Waals surface area contributed by atoms with Gasteiger partial charge in [-0.25, -0.2) is 13.2 Å². The van der Waals surface area contributed by atoms with Gasteiger partial charge in [-0.1, -0.05) is 25.1 Å². The van der Waals surface area contributed by atoms with Gasteiger partial charge >= 0.3 is 0 Å². The molecule has 0 aliphatic rings. The summed E-state index contributed by atoms with van der Waals surface area (Å²) in [5.74, 6) is -4.09. The minimum absolute atomic E-state index is 0.0651. The lowest BCUT2D eigenvalue weighted by molar-refractivity contribution is 0.0988. The molecule has 2 aromatic carbocycles. The van der Waals surface area contributed by atoms with Gasteiger partial charge in [-0.2, -0.15) is 0 Å². The SMILES string of the molecule is CCC(=O)c1cccc(-c2ccc(F)c(F)c2F)c1. The van der Waals surface area contributed by atoms with Crippen molar-refractivity contribution >= 4 is 5.78 Å². The first-order valence-electron chi connectivity index (χ1n) is 5.81. The fourth-order valence-electron chi connectivity index (χ4n) is 1.81. The number of rotatable bonds is 3. The van der Waals surface area contributed by atoms with E-state index in [1.807, 2.05) is 0 Å². The molecular formula is C15H11F3O. The Balaban J connectivity index is 2.54. The third kappa shape index (κ3) is 2.52. The highest BCUT2D eigenvalue weighted by atomic mass is 19.2. The molecule has 0 radical (unpaired) electrons. The molecule has 98 valence electrons. The summed E-state index contributed by atoms with van der Waals surface area (Å²) < 4.78 is 39.7. The van der Waals surface area contributed by atoms with Crippen LogP contribution >= 0.6 is 0 Å². The molecule has 2 rings (SSSR count). The van der Waals surface area contributed by atoms with Gasteiger partial charge in [0.25, 0.3) is 0 Å². The van der Waals surface area contributed by atoms with Crippen molar-refractivity contribution in [3.05, 3.63) is 59.4 Å². The fourth-order valence-corrected chi connectivity index (χ4v) is 1.81. The third-order valence-corrected chi connectivity index (χ3v) is 2.85. The minimum Gasteiger partial charge on any atom is -0.294 e. The van der Waals surface area contributed by atoms with E-state index in [4.69, 9.17) is 0 Å². The topological polar surface area (TPSA) is 17.1 Å². The Morgan fingerprint density at radius 1 is 1.05 bits per heavy atom. The molecule has 0 N–H and O–H groups in total. The average Bonchev–Trinajstić information content (AvgIpc) is 2.44. The molecule has 2 aromatic rings. The van der Waals surface area contributed by atoms with E-state index in [0.29, 0.717) is 17.5 Å². The quantitative estimate of drug-likeness (QED) is 0.594. The molecular weight excluding hydrogens is 253 g/mol. The number of carbonyl (C=O) groups excluding carboxylic acids is 1. The highest BCUT2D eigenvalue weighted by Crippen LogP contribution is 2.26. The van der Waals surface area contributed by atoms with Gasteiger partial charge in [-0.15, -0.1) is 0 Å². The van der Waals surface area contributed by atoms with Crippen molar-refractivity contribution in [1.29, 1.82) is 0 Å². The van der Waals surface area contributed by atoms with Crippen LogP contribution in [0.4, 0.5) is 13.2 Å². The molecule has 0 saturated carbocycles. The van der Waals surface area contributed by atoms with Crippen LogP contribution < -0.4 is 0 Å². The molecule has 0 aliphatic carbocycles. The summed E-state index contributed by atoms with van der Waals surface area (Å²) in [6.07, 6.45) is 0.323. The Morgan fingerprint density at radius 2 is 1.79 bits per heavy atom. The number of Topliss-reactive ketones (excluding diaryl/α,β-unsaturated/α-hetero) is 1. The van der Waals surface area contributed by atoms with Crippen LogP contribution in [-0.4, -0.2) is 5.78 Å². The van der Waals surface area contributed by atoms with Crippen LogP contribution in [0, 0.1) is 17.5 Å². The summed E-state index contributed by atoms with van der Waals surface area (Å²) in [6, 6.07) is 8.22. The average molecular weight is 264 g/mol. The number of halogens is 3. The van der Waals surface area contributed by atoms with Crippen molar-refractivity contribution in [3.8, 4) is 11.1 Å². The Hall–Kier alpha value is -2.10. The zero-order chi connectivity index (χ0) is 14.0. The largest absolute Gasteiger partial charge is 0.294 e. The predicted octanol–water partition coefficient (Wildman–Crippen LogP) is 4.36. The van der Waals surface area contributed by atoms with Gasteiger partial charge in [0.1, 0.15) is 0 Å². The summed E-state index contributed by atoms with van der Waals surface area (Å²) in [5.41, 5.74) is 0.699. The van der Waals surface area contributed by atoms with E-state index in [1.54, 1.807) is 25.1 Å². The second-order valence-corrected chi connectivity index (χ2v) is 4.08. The molecule has 0 heterocycles. The van der Waals surface area contributed by atoms with E-state index in [2.05, 4.69) is 0 Å². The lowest BCUT2D eigenvalue weighted by atomic mass is 10.00. The summed E-state index contributed by atoms with van der Waals surface area (Å²) in [7, 11) is 0. The third-order valence-electron chi connectivity index (χ3n) is 2.85. The Labute approximate surface area is 108 Å². The van der Waals surface area contributed by atoms with Crippen molar-refractivity contribution in [2.75, 3.05) is 0 Å². The smallest absolute Gasteiger partial charge is 0.195 e. The molecule has 4 heteroatoms. The van der Waals surface area contributed by atoms with E-state index >= 15 is 0 Å². The van der Waals surface area contributed by atoms with Gasteiger partial charge in [0.2, 0.25) is 0 Å². The molecule has 0 amide bonds. The van der Waals surface area contributed by atoms with Gasteiger partial charge < -0.3 is 0 Å². The van der Waals surface area contributed by atoms with Gasteiger partial charge in [-0.05, 0) is 23.8 Å². The molecule has 0 saturated heterocycles. The maximum Gasteiger partial charge on any atom is 0.195 e. The van der Waals surface area contributed by atoms with Gasteiger partial charge in [0.15, 0.2) is 23.2 Å². The van der Waals surface area contributed by atoms with Crippen molar-refractivity contribution in [2.45, 2.75) is 13.3 Å². The van der Waals surface area contributed by atoms with Crippen molar-refractivity contribution in [2.24, 2.45) is 0 Å². The van der Waals surface area contributed by atoms with Crippen molar-refractivity contribution in [3.63, 3.8) is 0 Å². The zero-order valence-corrected chi connectivity index (χ0v) is 10.2. The van der Waals surface area contributed by atoms with Crippen LogP contribution in [0.25, 0.3) is 11.1 Å². The highest BCUT2D eigenvalue weighted by Gasteiger charge is 2.15. The second kappa shape index (κ2) is 5.26. The lowest BCUT2D eigenvalue weighted by Crippen LogP contribution is -1.98. The Morgan fingerprint density at radius 3 is 2.47 bits per heavy atom. The van der Waals surface area contributed by atoms with Gasteiger partial charge in [0.05, 0.1) is 0 Å². The maximum absolute atomic E-state index is 13.7. The molecule has 0 fully saturated rings. The van der Waals surface area contributed by atoms with E-state index in [-0.39, 0.29) is 11.3 Å². The van der Waals surface area contributed by atoms with Crippen LogP contribution in [-0.2, 0) is 0 Å². The summed E-state index contributed by atoms with van der Waals surface area (Å²) in [4.78, 5) is 11.6. The van der Waals surface area contributed by atoms with Crippen LogP contribution in [0.15, 0.2) is 36.4 Å². The number of hydrogen-bond donors (Lipinski definition) is 0. The van der Waals surface area contributed by atoms with E-state index in [0.717, 1.165) is 12.1 Å². The van der Waals surface area contributed by atoms with Gasteiger partial charge in [0, 0.05) is 17.5 Å². The number of ketones is 1. The highest BCUT2D eigenvalue weighted by molar-refractivity contribution is 5.97. The molecule has 0 spiro atoms. The number of hydrogen-bond acceptors (Lipinski definition) is 1. The maximum atomic E-state index is 13.7. The first kappa shape index (κ1) is 13.3. The van der Waals surface area contributed by atoms with Crippen molar-refractivity contribution < 1.29 is 18.0 Å². The number of benzene rings is 2. The molecule has 0 aromatic heterocycles. The molecule has 0 aliphatic heterocycles. The van der Waals surface area contributed by atoms with Crippen LogP contribution in [0.3, 0.4) is 0 Å². The van der Waals surface area contributed by atoms with Gasteiger partial charge in [-0.3, -0.25) is 4.79 Å². The lowest BCUT2D eigenvalue weighted by Gasteiger charge is -2.06. The van der Waals surface area contributed by atoms with E-state index in [9.17, 15) is 18.0 Å². The zero-order valence-electron chi connectivity index (χ0n) is 10.2. The summed E-state index contributed by atoms with van der Waals surface area (Å²) in [5, 5.41) is 0. The van der Waals surface area contributed by atoms with Crippen molar-refractivity contribution in [1.82, 2.24) is 0 Å². The Bertz CT molecular complexity index is 635. The van der Waals surface area contributed by atoms with E-state index < -0.39 is 17.5 Å². The number of carbonyl (C=O) groups is 1. The summed E-state index contributed by atoms with van der Waals surface area (Å²) in [6.45, 7) is 1.72. The molecule has 0 bridgehead atoms. The summed E-state index contributed by atoms with van der Waals surface area (Å²) >= 11 is 0. The van der Waals surface area contributed by atoms with E-state index in [1.165, 1.54) is 6.07 Å². The predicted molar refractivity (Wildman–Crippen MR) is 66.4 cm³/mol. The second-order valence-electron chi connectivity index (χ2n) is 4.08. The first-order valence-corrected chi connectivity index (χ1v) is 5.81. The first-order chi connectivity index (χ1) is 9.04. The molecule has 0 unspecified atom stereocenters. The fraction of sp³-hybridized carbons (Fsp3) is 0.133. The van der Waals surface area contributed by atoms with Crippen LogP contribution in [0.2, 0.25) is 0 Å². The molecule has 19 heavy (non-hydrogen) atoms.